The summed E-state index contributed by atoms with van der Waals surface area (Å²) < 4.78 is 5.46. The van der Waals surface area contributed by atoms with Gasteiger partial charge in [-0.25, -0.2) is 4.79 Å². The highest BCUT2D eigenvalue weighted by molar-refractivity contribution is 7.21. The molecule has 2 aromatic rings. The number of esters is 1. The van der Waals surface area contributed by atoms with E-state index in [2.05, 4.69) is 10.8 Å². The summed E-state index contributed by atoms with van der Waals surface area (Å²) in [6.45, 7) is 0. The van der Waals surface area contributed by atoms with E-state index in [0.29, 0.717) is 10.4 Å². The van der Waals surface area contributed by atoms with E-state index in [9.17, 15) is 4.79 Å². The summed E-state index contributed by atoms with van der Waals surface area (Å²) in [5.74, 6) is -0.361. The first-order valence-electron chi connectivity index (χ1n) is 4.27. The van der Waals surface area contributed by atoms with E-state index < -0.39 is 0 Å². The number of thiophene rings is 1. The van der Waals surface area contributed by atoms with Gasteiger partial charge in [-0.15, -0.1) is 11.3 Å². The third-order valence-electron chi connectivity index (χ3n) is 2.05. The third kappa shape index (κ3) is 1.58. The molecule has 0 bridgehead atoms. The van der Waals surface area contributed by atoms with Crippen LogP contribution in [-0.2, 0) is 4.74 Å². The highest BCUT2D eigenvalue weighted by atomic mass is 32.1. The second kappa shape index (κ2) is 3.71. The number of benzene rings is 1. The van der Waals surface area contributed by atoms with Crippen LogP contribution in [0.2, 0.25) is 0 Å². The molecule has 4 heteroatoms. The zero-order chi connectivity index (χ0) is 10.8. The Balaban J connectivity index is 2.66. The number of nitriles is 1. The Labute approximate surface area is 90.5 Å². The highest BCUT2D eigenvalue weighted by Crippen LogP contribution is 2.28. The first-order valence-corrected chi connectivity index (χ1v) is 5.09. The van der Waals surface area contributed by atoms with Gasteiger partial charge in [0, 0.05) is 0 Å². The fraction of sp³-hybridized carbons (Fsp3) is 0.0909. The second-order valence-corrected chi connectivity index (χ2v) is 3.99. The van der Waals surface area contributed by atoms with E-state index in [1.54, 1.807) is 18.2 Å². The fourth-order valence-corrected chi connectivity index (χ4v) is 2.39. The van der Waals surface area contributed by atoms with Crippen LogP contribution >= 0.6 is 11.3 Å². The number of hydrogen-bond acceptors (Lipinski definition) is 4. The monoisotopic (exact) mass is 217 g/mol. The number of hydrogen-bond donors (Lipinski definition) is 0. The molecule has 0 spiro atoms. The van der Waals surface area contributed by atoms with Crippen LogP contribution in [-0.4, -0.2) is 13.1 Å². The van der Waals surface area contributed by atoms with Gasteiger partial charge < -0.3 is 4.74 Å². The van der Waals surface area contributed by atoms with Crippen LogP contribution in [0.15, 0.2) is 24.3 Å². The van der Waals surface area contributed by atoms with Crippen LogP contribution < -0.4 is 0 Å². The molecule has 0 aliphatic heterocycles. The fourth-order valence-electron chi connectivity index (χ4n) is 1.35. The molecule has 0 aliphatic rings. The smallest absolute Gasteiger partial charge is 0.348 e. The van der Waals surface area contributed by atoms with Gasteiger partial charge in [0.1, 0.15) is 10.9 Å². The Kier molecular flexibility index (Phi) is 2.40. The van der Waals surface area contributed by atoms with Gasteiger partial charge in [-0.05, 0) is 17.5 Å². The topological polar surface area (TPSA) is 50.1 Å². The Bertz CT molecular complexity index is 565. The van der Waals surface area contributed by atoms with Gasteiger partial charge in [-0.2, -0.15) is 5.26 Å². The van der Waals surface area contributed by atoms with Gasteiger partial charge in [-0.1, -0.05) is 12.1 Å². The van der Waals surface area contributed by atoms with E-state index in [1.165, 1.54) is 18.4 Å². The van der Waals surface area contributed by atoms with Crippen LogP contribution in [0.3, 0.4) is 0 Å². The summed E-state index contributed by atoms with van der Waals surface area (Å²) in [7, 11) is 1.35. The summed E-state index contributed by atoms with van der Waals surface area (Å²) in [5, 5.41) is 9.78. The number of carbonyl (C=O) groups is 1. The molecule has 0 radical (unpaired) electrons. The van der Waals surface area contributed by atoms with Gasteiger partial charge in [0.15, 0.2) is 0 Å². The Morgan fingerprint density at radius 1 is 1.53 bits per heavy atom. The number of nitrogens with zero attached hydrogens (tertiary/aromatic N) is 1. The SMILES string of the molecule is COC(=O)c1cc2cccc(C#N)c2s1. The van der Waals surface area contributed by atoms with Crippen molar-refractivity contribution in [1.29, 1.82) is 5.26 Å². The van der Waals surface area contributed by atoms with Crippen LogP contribution in [0.5, 0.6) is 0 Å². The Hall–Kier alpha value is -1.86. The number of carbonyl (C=O) groups excluding carboxylic acids is 1. The zero-order valence-corrected chi connectivity index (χ0v) is 8.80. The minimum atomic E-state index is -0.361. The maximum absolute atomic E-state index is 11.3. The number of methoxy groups -OCH3 is 1. The second-order valence-electron chi connectivity index (χ2n) is 2.94. The summed E-state index contributed by atoms with van der Waals surface area (Å²) >= 11 is 1.28. The van der Waals surface area contributed by atoms with E-state index in [1.807, 2.05) is 6.07 Å². The summed E-state index contributed by atoms with van der Waals surface area (Å²) in [5.41, 5.74) is 0.590. The molecule has 0 atom stereocenters. The van der Waals surface area contributed by atoms with E-state index >= 15 is 0 Å². The van der Waals surface area contributed by atoms with Crippen molar-refractivity contribution in [3.63, 3.8) is 0 Å². The van der Waals surface area contributed by atoms with Crippen molar-refractivity contribution >= 4 is 27.4 Å². The van der Waals surface area contributed by atoms with Crippen molar-refractivity contribution in [2.75, 3.05) is 7.11 Å². The molecule has 0 aliphatic carbocycles. The molecule has 3 nitrogen and oxygen atoms in total. The molecule has 0 fully saturated rings. The molecule has 1 aromatic heterocycles. The van der Waals surface area contributed by atoms with Gasteiger partial charge in [0.05, 0.1) is 17.4 Å². The molecule has 0 unspecified atom stereocenters. The molecule has 0 amide bonds. The summed E-state index contributed by atoms with van der Waals surface area (Å²) in [4.78, 5) is 11.8. The van der Waals surface area contributed by atoms with E-state index in [0.717, 1.165) is 10.1 Å². The Morgan fingerprint density at radius 3 is 3.00 bits per heavy atom. The van der Waals surface area contributed by atoms with Crippen LogP contribution in [0.1, 0.15) is 15.2 Å². The zero-order valence-electron chi connectivity index (χ0n) is 7.98. The molecule has 1 aromatic carbocycles. The lowest BCUT2D eigenvalue weighted by Crippen LogP contribution is -1.96. The number of ether oxygens (including phenoxy) is 1. The highest BCUT2D eigenvalue weighted by Gasteiger charge is 2.11. The van der Waals surface area contributed by atoms with Crippen molar-refractivity contribution in [2.45, 2.75) is 0 Å². The van der Waals surface area contributed by atoms with Crippen molar-refractivity contribution < 1.29 is 9.53 Å². The molecule has 2 rings (SSSR count). The predicted octanol–water partition coefficient (Wildman–Crippen LogP) is 2.56. The quantitative estimate of drug-likeness (QED) is 0.690. The van der Waals surface area contributed by atoms with Gasteiger partial charge in [-0.3, -0.25) is 0 Å². The number of rotatable bonds is 1. The standard InChI is InChI=1S/C11H7NO2S/c1-14-11(13)9-5-7-3-2-4-8(6-12)10(7)15-9/h2-5H,1H3. The average molecular weight is 217 g/mol. The van der Waals surface area contributed by atoms with Gasteiger partial charge in [0.25, 0.3) is 0 Å². The summed E-state index contributed by atoms with van der Waals surface area (Å²) in [6.07, 6.45) is 0. The van der Waals surface area contributed by atoms with Crippen molar-refractivity contribution in [3.8, 4) is 6.07 Å². The predicted molar refractivity (Wildman–Crippen MR) is 57.9 cm³/mol. The van der Waals surface area contributed by atoms with Gasteiger partial charge >= 0.3 is 5.97 Å². The Morgan fingerprint density at radius 2 is 2.33 bits per heavy atom. The lowest BCUT2D eigenvalue weighted by molar-refractivity contribution is 0.0606. The average Bonchev–Trinajstić information content (AvgIpc) is 2.71. The maximum Gasteiger partial charge on any atom is 0.348 e. The number of fused-ring (bicyclic) bond motifs is 1. The largest absolute Gasteiger partial charge is 0.465 e. The molecule has 0 N–H and O–H groups in total. The molecule has 0 saturated heterocycles. The molecule has 1 heterocycles. The first kappa shape index (κ1) is 9.69. The van der Waals surface area contributed by atoms with Gasteiger partial charge in [0.2, 0.25) is 0 Å². The molecule has 74 valence electrons. The van der Waals surface area contributed by atoms with Crippen molar-refractivity contribution in [3.05, 3.63) is 34.7 Å². The minimum Gasteiger partial charge on any atom is -0.465 e. The summed E-state index contributed by atoms with van der Waals surface area (Å²) in [6, 6.07) is 9.25. The molecule has 15 heavy (non-hydrogen) atoms. The first-order chi connectivity index (χ1) is 7.26. The third-order valence-corrected chi connectivity index (χ3v) is 3.22. The maximum atomic E-state index is 11.3. The molecule has 0 saturated carbocycles. The molecular weight excluding hydrogens is 210 g/mol. The minimum absolute atomic E-state index is 0.361. The molecular formula is C11H7NO2S. The lowest BCUT2D eigenvalue weighted by Gasteiger charge is -1.91. The van der Waals surface area contributed by atoms with Crippen LogP contribution in [0, 0.1) is 11.3 Å². The van der Waals surface area contributed by atoms with Crippen LogP contribution in [0.4, 0.5) is 0 Å². The van der Waals surface area contributed by atoms with E-state index in [-0.39, 0.29) is 5.97 Å². The van der Waals surface area contributed by atoms with Crippen LogP contribution in [0.25, 0.3) is 10.1 Å². The normalized spacial score (nSPS) is 9.87. The van der Waals surface area contributed by atoms with E-state index in [4.69, 9.17) is 5.26 Å². The van der Waals surface area contributed by atoms with Crippen molar-refractivity contribution in [1.82, 2.24) is 0 Å². The van der Waals surface area contributed by atoms with Crippen molar-refractivity contribution in [2.24, 2.45) is 0 Å². The lowest BCUT2D eigenvalue weighted by atomic mass is 10.2.